The molecule has 2 aliphatic heterocycles. The number of likely N-dealkylation sites (N-methyl/N-ethyl adjacent to an activating group) is 2. The quantitative estimate of drug-likeness (QED) is 0.291. The van der Waals surface area contributed by atoms with Crippen LogP contribution in [0.3, 0.4) is 0 Å². The summed E-state index contributed by atoms with van der Waals surface area (Å²) >= 11 is 0. The number of fused-ring (bicyclic) bond motifs is 1. The zero-order valence-corrected chi connectivity index (χ0v) is 27.1. The summed E-state index contributed by atoms with van der Waals surface area (Å²) in [4.78, 5) is 39.1. The number of nitrogens with one attached hydrogen (secondary N) is 1. The van der Waals surface area contributed by atoms with Gasteiger partial charge in [-0.1, -0.05) is 45.0 Å². The SMILES string of the molecule is CC(C)(C)c1ccc(C(N)=O)cc1.CN1CCN(C)C(c2ccc(Nc3cc(N4CCCCC4)cc4cccnc34)nc2)C1=O. The Hall–Kier alpha value is -4.50. The number of primary amides is 1. The zero-order valence-electron chi connectivity index (χ0n) is 27.1. The molecule has 2 saturated heterocycles. The second-order valence-corrected chi connectivity index (χ2v) is 13.1. The number of piperazine rings is 1. The molecule has 2 fully saturated rings. The van der Waals surface area contributed by atoms with Gasteiger partial charge in [0.25, 0.3) is 0 Å². The highest BCUT2D eigenvalue weighted by Gasteiger charge is 2.32. The maximum absolute atomic E-state index is 12.7. The standard InChI is InChI=1S/C25H30N6O.C11H15NO/c1-29-13-14-30(2)25(32)24(29)19-8-9-22(27-17-19)28-21-16-20(31-11-4-3-5-12-31)15-18-7-6-10-26-23(18)21;1-11(2,3)9-6-4-8(5-7-9)10(12)13/h6-10,15-17,24H,3-5,11-14H2,1-2H3,(H,27,28);4-7H,1-3H3,(H2,12,13). The lowest BCUT2D eigenvalue weighted by atomic mass is 9.87. The number of nitrogens with zero attached hydrogens (tertiary/aromatic N) is 5. The first-order valence-corrected chi connectivity index (χ1v) is 15.7. The van der Waals surface area contributed by atoms with Gasteiger partial charge in [-0.15, -0.1) is 0 Å². The minimum absolute atomic E-state index is 0.116. The van der Waals surface area contributed by atoms with Crippen molar-refractivity contribution in [3.05, 3.63) is 89.7 Å². The number of benzene rings is 2. The van der Waals surface area contributed by atoms with Crippen LogP contribution in [0.1, 0.15) is 67.6 Å². The van der Waals surface area contributed by atoms with Gasteiger partial charge in [0.1, 0.15) is 11.9 Å². The van der Waals surface area contributed by atoms with Gasteiger partial charge in [-0.2, -0.15) is 0 Å². The van der Waals surface area contributed by atoms with Crippen LogP contribution in [0.2, 0.25) is 0 Å². The highest BCUT2D eigenvalue weighted by atomic mass is 16.2. The van der Waals surface area contributed by atoms with Crippen LogP contribution in [0.25, 0.3) is 10.9 Å². The number of hydrogen-bond donors (Lipinski definition) is 2. The van der Waals surface area contributed by atoms with Crippen molar-refractivity contribution in [3.63, 3.8) is 0 Å². The molecule has 0 saturated carbocycles. The van der Waals surface area contributed by atoms with E-state index in [1.807, 2.05) is 56.8 Å². The summed E-state index contributed by atoms with van der Waals surface area (Å²) in [6.07, 6.45) is 7.42. The molecule has 6 rings (SSSR count). The van der Waals surface area contributed by atoms with Gasteiger partial charge in [0.2, 0.25) is 11.8 Å². The molecule has 0 radical (unpaired) electrons. The molecule has 2 aromatic carbocycles. The Balaban J connectivity index is 0.000000259. The van der Waals surface area contributed by atoms with E-state index in [1.165, 1.54) is 30.5 Å². The van der Waals surface area contributed by atoms with Crippen LogP contribution in [0, 0.1) is 0 Å². The van der Waals surface area contributed by atoms with E-state index in [9.17, 15) is 9.59 Å². The monoisotopic (exact) mass is 607 g/mol. The normalized spacial score (nSPS) is 17.5. The highest BCUT2D eigenvalue weighted by Crippen LogP contribution is 2.32. The summed E-state index contributed by atoms with van der Waals surface area (Å²) in [6.45, 7) is 10.2. The summed E-state index contributed by atoms with van der Waals surface area (Å²) in [5, 5.41) is 4.60. The van der Waals surface area contributed by atoms with Crippen LogP contribution in [0.4, 0.5) is 17.2 Å². The number of anilines is 3. The van der Waals surface area contributed by atoms with Gasteiger partial charge in [-0.05, 0) is 79.3 Å². The number of nitrogens with two attached hydrogens (primary N) is 1. The number of carbonyl (C=O) groups excluding carboxylic acids is 2. The van der Waals surface area contributed by atoms with Gasteiger partial charge in [-0.3, -0.25) is 19.5 Å². The average molecular weight is 608 g/mol. The highest BCUT2D eigenvalue weighted by molar-refractivity contribution is 5.95. The first-order valence-electron chi connectivity index (χ1n) is 15.7. The second-order valence-electron chi connectivity index (χ2n) is 13.1. The summed E-state index contributed by atoms with van der Waals surface area (Å²) in [5.41, 5.74) is 11.1. The molecule has 3 N–H and O–H groups in total. The largest absolute Gasteiger partial charge is 0.371 e. The van der Waals surface area contributed by atoms with E-state index in [2.05, 4.69) is 64.1 Å². The van der Waals surface area contributed by atoms with E-state index >= 15 is 0 Å². The van der Waals surface area contributed by atoms with Gasteiger partial charge in [0, 0.05) is 62.3 Å². The van der Waals surface area contributed by atoms with E-state index in [-0.39, 0.29) is 23.3 Å². The van der Waals surface area contributed by atoms with Crippen LogP contribution < -0.4 is 16.0 Å². The number of piperidine rings is 1. The van der Waals surface area contributed by atoms with E-state index in [0.29, 0.717) is 5.56 Å². The van der Waals surface area contributed by atoms with Crippen molar-refractivity contribution in [2.75, 3.05) is 50.5 Å². The summed E-state index contributed by atoms with van der Waals surface area (Å²) in [5.74, 6) is 0.488. The van der Waals surface area contributed by atoms with Crippen LogP contribution in [-0.4, -0.2) is 71.9 Å². The Morgan fingerprint density at radius 1 is 0.911 bits per heavy atom. The van der Waals surface area contributed by atoms with E-state index in [0.717, 1.165) is 54.2 Å². The molecule has 0 bridgehead atoms. The van der Waals surface area contributed by atoms with Crippen LogP contribution in [-0.2, 0) is 10.2 Å². The molecule has 1 unspecified atom stereocenters. The van der Waals surface area contributed by atoms with Gasteiger partial charge in [0.15, 0.2) is 0 Å². The number of rotatable bonds is 5. The van der Waals surface area contributed by atoms with Crippen molar-refractivity contribution >= 4 is 39.9 Å². The maximum atomic E-state index is 12.7. The third-order valence-electron chi connectivity index (χ3n) is 8.65. The summed E-state index contributed by atoms with van der Waals surface area (Å²) in [7, 11) is 3.85. The molecule has 236 valence electrons. The van der Waals surface area contributed by atoms with Crippen LogP contribution in [0.5, 0.6) is 0 Å². The third-order valence-corrected chi connectivity index (χ3v) is 8.65. The Labute approximate surface area is 266 Å². The Kier molecular flexibility index (Phi) is 9.68. The molecular formula is C36H45N7O2. The summed E-state index contributed by atoms with van der Waals surface area (Å²) < 4.78 is 0. The van der Waals surface area contributed by atoms with Crippen LogP contribution in [0.15, 0.2) is 73.1 Å². The fraction of sp³-hybridized carbons (Fsp3) is 0.389. The minimum atomic E-state index is -0.375. The predicted molar refractivity (Wildman–Crippen MR) is 182 cm³/mol. The lowest BCUT2D eigenvalue weighted by Crippen LogP contribution is -2.49. The molecule has 45 heavy (non-hydrogen) atoms. The van der Waals surface area contributed by atoms with Gasteiger partial charge in [-0.25, -0.2) is 4.98 Å². The van der Waals surface area contributed by atoms with Crippen LogP contribution >= 0.6 is 0 Å². The molecule has 9 heteroatoms. The molecule has 4 heterocycles. The Morgan fingerprint density at radius 3 is 2.29 bits per heavy atom. The average Bonchev–Trinajstić information content (AvgIpc) is 3.04. The number of pyridine rings is 2. The molecule has 1 atom stereocenters. The predicted octanol–water partition coefficient (Wildman–Crippen LogP) is 5.89. The van der Waals surface area contributed by atoms with Gasteiger partial charge in [0.05, 0.1) is 11.2 Å². The molecule has 0 aliphatic carbocycles. The first-order chi connectivity index (χ1) is 21.5. The van der Waals surface area contributed by atoms with E-state index in [4.69, 9.17) is 5.73 Å². The Morgan fingerprint density at radius 2 is 1.64 bits per heavy atom. The first kappa shape index (κ1) is 31.9. The fourth-order valence-electron chi connectivity index (χ4n) is 5.86. The lowest BCUT2D eigenvalue weighted by Gasteiger charge is -2.36. The Bertz CT molecular complexity index is 1620. The third kappa shape index (κ3) is 7.60. The molecule has 9 nitrogen and oxygen atoms in total. The van der Waals surface area contributed by atoms with E-state index in [1.54, 1.807) is 17.0 Å². The van der Waals surface area contributed by atoms with Crippen molar-refractivity contribution < 1.29 is 9.59 Å². The smallest absolute Gasteiger partial charge is 0.248 e. The number of hydrogen-bond acceptors (Lipinski definition) is 7. The van der Waals surface area contributed by atoms with Crippen molar-refractivity contribution in [1.82, 2.24) is 19.8 Å². The molecule has 2 amide bonds. The van der Waals surface area contributed by atoms with Crippen molar-refractivity contribution in [3.8, 4) is 0 Å². The molecular weight excluding hydrogens is 562 g/mol. The lowest BCUT2D eigenvalue weighted by molar-refractivity contribution is -0.139. The second kappa shape index (κ2) is 13.6. The van der Waals surface area contributed by atoms with Crippen molar-refractivity contribution in [2.45, 2.75) is 51.5 Å². The fourth-order valence-corrected chi connectivity index (χ4v) is 5.86. The van der Waals surface area contributed by atoms with Gasteiger partial charge < -0.3 is 20.9 Å². The van der Waals surface area contributed by atoms with Gasteiger partial charge >= 0.3 is 0 Å². The molecule has 2 aromatic heterocycles. The topological polar surface area (TPSA) is 108 Å². The molecule has 0 spiro atoms. The summed E-state index contributed by atoms with van der Waals surface area (Å²) in [6, 6.07) is 19.6. The van der Waals surface area contributed by atoms with Crippen molar-refractivity contribution in [2.24, 2.45) is 5.73 Å². The number of carbonyl (C=O) groups is 2. The van der Waals surface area contributed by atoms with Crippen molar-refractivity contribution in [1.29, 1.82) is 0 Å². The molecule has 2 aliphatic rings. The maximum Gasteiger partial charge on any atom is 0.248 e. The molecule has 4 aromatic rings. The number of amides is 2. The number of aromatic nitrogens is 2. The minimum Gasteiger partial charge on any atom is -0.371 e. The van der Waals surface area contributed by atoms with E-state index < -0.39 is 0 Å². The zero-order chi connectivity index (χ0) is 32.1.